The normalized spacial score (nSPS) is 21.8. The lowest BCUT2D eigenvalue weighted by Crippen LogP contribution is -2.43. The maximum Gasteiger partial charge on any atom is 0.239 e. The first-order valence-electron chi connectivity index (χ1n) is 9.34. The van der Waals surface area contributed by atoms with E-state index in [1.54, 1.807) is 4.90 Å². The van der Waals surface area contributed by atoms with E-state index in [4.69, 9.17) is 0 Å². The van der Waals surface area contributed by atoms with Crippen molar-refractivity contribution < 1.29 is 9.59 Å². The monoisotopic (exact) mass is 343 g/mol. The zero-order chi connectivity index (χ0) is 17.9. The Bertz CT molecular complexity index is 611. The van der Waals surface area contributed by atoms with Crippen molar-refractivity contribution in [3.05, 3.63) is 35.9 Å². The number of amides is 2. The van der Waals surface area contributed by atoms with Gasteiger partial charge in [0.2, 0.25) is 11.8 Å². The van der Waals surface area contributed by atoms with Crippen molar-refractivity contribution in [1.82, 2.24) is 15.1 Å². The summed E-state index contributed by atoms with van der Waals surface area (Å²) in [6.07, 6.45) is 4.78. The van der Waals surface area contributed by atoms with Gasteiger partial charge in [0.25, 0.3) is 0 Å². The standard InChI is InChI=1S/C20H29N3O2/c1-22(2)18(24)17-10-6-14-23(17)15-7-13-21-19(25)20(11-12-20)16-8-4-3-5-9-16/h3-5,8-9,17H,6-7,10-15H2,1-2H3,(H,21,25)/t17-/m0/s1. The van der Waals surface area contributed by atoms with E-state index in [2.05, 4.69) is 10.2 Å². The van der Waals surface area contributed by atoms with Crippen LogP contribution < -0.4 is 5.32 Å². The van der Waals surface area contributed by atoms with E-state index in [-0.39, 0.29) is 23.3 Å². The second kappa shape index (κ2) is 7.56. The van der Waals surface area contributed by atoms with Crippen molar-refractivity contribution >= 4 is 11.8 Å². The van der Waals surface area contributed by atoms with Crippen molar-refractivity contribution in [3.8, 4) is 0 Å². The molecule has 1 saturated heterocycles. The van der Waals surface area contributed by atoms with Crippen molar-refractivity contribution in [3.63, 3.8) is 0 Å². The lowest BCUT2D eigenvalue weighted by atomic mass is 9.95. The summed E-state index contributed by atoms with van der Waals surface area (Å²) in [7, 11) is 3.63. The second-order valence-corrected chi connectivity index (χ2v) is 7.48. The highest BCUT2D eigenvalue weighted by Gasteiger charge is 2.50. The van der Waals surface area contributed by atoms with Gasteiger partial charge in [-0.3, -0.25) is 14.5 Å². The van der Waals surface area contributed by atoms with E-state index in [0.29, 0.717) is 6.54 Å². The van der Waals surface area contributed by atoms with Crippen LogP contribution in [0.4, 0.5) is 0 Å². The third-order valence-electron chi connectivity index (χ3n) is 5.51. The van der Waals surface area contributed by atoms with E-state index < -0.39 is 0 Å². The Labute approximate surface area is 150 Å². The van der Waals surface area contributed by atoms with Gasteiger partial charge in [0.05, 0.1) is 11.5 Å². The van der Waals surface area contributed by atoms with E-state index in [9.17, 15) is 9.59 Å². The predicted molar refractivity (Wildman–Crippen MR) is 98.3 cm³/mol. The average molecular weight is 343 g/mol. The summed E-state index contributed by atoms with van der Waals surface area (Å²) >= 11 is 0. The molecule has 0 aromatic heterocycles. The molecule has 0 spiro atoms. The molecular formula is C20H29N3O2. The third kappa shape index (κ3) is 3.87. The first-order chi connectivity index (χ1) is 12.0. The van der Waals surface area contributed by atoms with Crippen LogP contribution in [-0.4, -0.2) is 61.4 Å². The summed E-state index contributed by atoms with van der Waals surface area (Å²) in [6, 6.07) is 10.1. The molecular weight excluding hydrogens is 314 g/mol. The van der Waals surface area contributed by atoms with Gasteiger partial charge >= 0.3 is 0 Å². The number of likely N-dealkylation sites (tertiary alicyclic amines) is 1. The zero-order valence-corrected chi connectivity index (χ0v) is 15.3. The number of nitrogens with one attached hydrogen (secondary N) is 1. The number of carbonyl (C=O) groups excluding carboxylic acids is 2. The van der Waals surface area contributed by atoms with E-state index >= 15 is 0 Å². The molecule has 2 amide bonds. The largest absolute Gasteiger partial charge is 0.355 e. The average Bonchev–Trinajstić information content (AvgIpc) is 3.31. The summed E-state index contributed by atoms with van der Waals surface area (Å²) in [5, 5.41) is 3.11. The molecule has 5 nitrogen and oxygen atoms in total. The minimum absolute atomic E-state index is 0.0183. The maximum absolute atomic E-state index is 12.6. The topological polar surface area (TPSA) is 52.7 Å². The molecule has 1 heterocycles. The summed E-state index contributed by atoms with van der Waals surface area (Å²) in [5.41, 5.74) is 0.835. The van der Waals surface area contributed by atoms with Crippen molar-refractivity contribution in [2.75, 3.05) is 33.7 Å². The molecule has 1 saturated carbocycles. The quantitative estimate of drug-likeness (QED) is 0.768. The molecule has 2 aliphatic rings. The van der Waals surface area contributed by atoms with Crippen molar-refractivity contribution in [2.45, 2.75) is 43.6 Å². The van der Waals surface area contributed by atoms with Gasteiger partial charge in [-0.2, -0.15) is 0 Å². The Kier molecular flexibility index (Phi) is 5.42. The number of carbonyl (C=O) groups is 2. The molecule has 0 unspecified atom stereocenters. The number of hydrogen-bond acceptors (Lipinski definition) is 3. The van der Waals surface area contributed by atoms with Crippen LogP contribution in [0.25, 0.3) is 0 Å². The highest BCUT2D eigenvalue weighted by molar-refractivity contribution is 5.91. The second-order valence-electron chi connectivity index (χ2n) is 7.48. The van der Waals surface area contributed by atoms with Crippen molar-refractivity contribution in [1.29, 1.82) is 0 Å². The number of benzene rings is 1. The van der Waals surface area contributed by atoms with Crippen molar-refractivity contribution in [2.24, 2.45) is 0 Å². The Morgan fingerprint density at radius 3 is 2.60 bits per heavy atom. The minimum Gasteiger partial charge on any atom is -0.355 e. The number of likely N-dealkylation sites (N-methyl/N-ethyl adjacent to an activating group) is 1. The molecule has 1 aliphatic carbocycles. The molecule has 2 fully saturated rings. The molecule has 1 aliphatic heterocycles. The zero-order valence-electron chi connectivity index (χ0n) is 15.3. The van der Waals surface area contributed by atoms with E-state index in [0.717, 1.165) is 50.8 Å². The van der Waals surface area contributed by atoms with Gasteiger partial charge in [0, 0.05) is 27.2 Å². The maximum atomic E-state index is 12.6. The van der Waals surface area contributed by atoms with Crippen LogP contribution in [0.15, 0.2) is 30.3 Å². The highest BCUT2D eigenvalue weighted by Crippen LogP contribution is 2.48. The molecule has 136 valence electrons. The van der Waals surface area contributed by atoms with Gasteiger partial charge in [-0.1, -0.05) is 30.3 Å². The molecule has 3 rings (SSSR count). The Morgan fingerprint density at radius 2 is 1.96 bits per heavy atom. The van der Waals surface area contributed by atoms with Crippen LogP contribution in [0.2, 0.25) is 0 Å². The van der Waals surface area contributed by atoms with Crippen LogP contribution in [0.3, 0.4) is 0 Å². The summed E-state index contributed by atoms with van der Waals surface area (Å²) in [5.74, 6) is 0.351. The van der Waals surface area contributed by atoms with E-state index in [1.807, 2.05) is 44.4 Å². The Hall–Kier alpha value is -1.88. The molecule has 0 bridgehead atoms. The number of rotatable bonds is 7. The summed E-state index contributed by atoms with van der Waals surface area (Å²) in [4.78, 5) is 28.8. The molecule has 0 radical (unpaired) electrons. The third-order valence-corrected chi connectivity index (χ3v) is 5.51. The molecule has 1 N–H and O–H groups in total. The van der Waals surface area contributed by atoms with Crippen LogP contribution in [0.1, 0.15) is 37.7 Å². The molecule has 1 atom stereocenters. The molecule has 5 heteroatoms. The fourth-order valence-electron chi connectivity index (χ4n) is 3.85. The van der Waals surface area contributed by atoms with Gasteiger partial charge in [0.1, 0.15) is 0 Å². The Morgan fingerprint density at radius 1 is 1.24 bits per heavy atom. The van der Waals surface area contributed by atoms with Gasteiger partial charge in [-0.05, 0) is 44.2 Å². The first kappa shape index (κ1) is 17.9. The summed E-state index contributed by atoms with van der Waals surface area (Å²) in [6.45, 7) is 2.52. The molecule has 1 aromatic rings. The van der Waals surface area contributed by atoms with Crippen LogP contribution in [0.5, 0.6) is 0 Å². The fraction of sp³-hybridized carbons (Fsp3) is 0.600. The van der Waals surface area contributed by atoms with Gasteiger partial charge in [-0.25, -0.2) is 0 Å². The van der Waals surface area contributed by atoms with E-state index in [1.165, 1.54) is 0 Å². The molecule has 25 heavy (non-hydrogen) atoms. The van der Waals surface area contributed by atoms with Crippen LogP contribution in [-0.2, 0) is 15.0 Å². The fourth-order valence-corrected chi connectivity index (χ4v) is 3.85. The Balaban J connectivity index is 1.44. The molecule has 1 aromatic carbocycles. The van der Waals surface area contributed by atoms with Gasteiger partial charge in [0.15, 0.2) is 0 Å². The SMILES string of the molecule is CN(C)C(=O)[C@@H]1CCCN1CCCNC(=O)C1(c2ccccc2)CC1. The number of nitrogens with zero attached hydrogens (tertiary/aromatic N) is 2. The first-order valence-corrected chi connectivity index (χ1v) is 9.34. The minimum atomic E-state index is -0.293. The van der Waals surface area contributed by atoms with Gasteiger partial charge < -0.3 is 10.2 Å². The summed E-state index contributed by atoms with van der Waals surface area (Å²) < 4.78 is 0. The lowest BCUT2D eigenvalue weighted by molar-refractivity contribution is -0.133. The smallest absolute Gasteiger partial charge is 0.239 e. The van der Waals surface area contributed by atoms with Crippen LogP contribution in [0, 0.1) is 0 Å². The number of hydrogen-bond donors (Lipinski definition) is 1. The van der Waals surface area contributed by atoms with Gasteiger partial charge in [-0.15, -0.1) is 0 Å². The highest BCUT2D eigenvalue weighted by atomic mass is 16.2. The lowest BCUT2D eigenvalue weighted by Gasteiger charge is -2.26. The predicted octanol–water partition coefficient (Wildman–Crippen LogP) is 1.78. The van der Waals surface area contributed by atoms with Crippen LogP contribution >= 0.6 is 0 Å².